The predicted octanol–water partition coefficient (Wildman–Crippen LogP) is 8.10. The second-order valence-electron chi connectivity index (χ2n) is 8.56. The van der Waals surface area contributed by atoms with Gasteiger partial charge in [-0.2, -0.15) is 0 Å². The van der Waals surface area contributed by atoms with Gasteiger partial charge in [-0.15, -0.1) is 0 Å². The van der Waals surface area contributed by atoms with Gasteiger partial charge in [0.2, 0.25) is 5.88 Å². The molecule has 4 nitrogen and oxygen atoms in total. The molecule has 0 aliphatic carbocycles. The van der Waals surface area contributed by atoms with E-state index >= 15 is 0 Å². The van der Waals surface area contributed by atoms with Crippen molar-refractivity contribution in [3.05, 3.63) is 106 Å². The Morgan fingerprint density at radius 2 is 1.74 bits per heavy atom. The van der Waals surface area contributed by atoms with Crippen molar-refractivity contribution in [2.24, 2.45) is 0 Å². The van der Waals surface area contributed by atoms with Gasteiger partial charge >= 0.3 is 0 Å². The molecule has 34 heavy (non-hydrogen) atoms. The zero-order valence-electron chi connectivity index (χ0n) is 19.6. The molecule has 1 aliphatic heterocycles. The van der Waals surface area contributed by atoms with E-state index in [1.807, 2.05) is 43.3 Å². The fourth-order valence-electron chi connectivity index (χ4n) is 4.39. The molecule has 0 amide bonds. The molecule has 1 aromatic heterocycles. The summed E-state index contributed by atoms with van der Waals surface area (Å²) in [6, 6.07) is 24.7. The molecular weight excluding hydrogens is 444 g/mol. The van der Waals surface area contributed by atoms with Crippen molar-refractivity contribution in [3.63, 3.8) is 0 Å². The van der Waals surface area contributed by atoms with Crippen molar-refractivity contribution in [1.82, 2.24) is 5.16 Å². The molecule has 5 rings (SSSR count). The van der Waals surface area contributed by atoms with Gasteiger partial charge in [0.25, 0.3) is 0 Å². The lowest BCUT2D eigenvalue weighted by molar-refractivity contribution is 0.262. The lowest BCUT2D eigenvalue weighted by Crippen LogP contribution is -2.33. The number of aryl methyl sites for hydroxylation is 1. The van der Waals surface area contributed by atoms with Crippen molar-refractivity contribution >= 4 is 28.9 Å². The molecule has 2 heterocycles. The second kappa shape index (κ2) is 9.40. The number of fused-ring (bicyclic) bond motifs is 1. The molecule has 0 saturated heterocycles. The monoisotopic (exact) mass is 470 g/mol. The highest BCUT2D eigenvalue weighted by Crippen LogP contribution is 2.42. The summed E-state index contributed by atoms with van der Waals surface area (Å²) in [5.41, 5.74) is 7.21. The van der Waals surface area contributed by atoms with E-state index in [-0.39, 0.29) is 6.04 Å². The summed E-state index contributed by atoms with van der Waals surface area (Å²) in [6.45, 7) is 6.62. The molecule has 0 saturated carbocycles. The van der Waals surface area contributed by atoms with Crippen LogP contribution in [0.2, 0.25) is 5.02 Å². The third-order valence-corrected chi connectivity index (χ3v) is 6.70. The topological polar surface area (TPSA) is 38.5 Å². The summed E-state index contributed by atoms with van der Waals surface area (Å²) in [5, 5.41) is 4.91. The van der Waals surface area contributed by atoms with Gasteiger partial charge in [0.15, 0.2) is 0 Å². The molecule has 5 heteroatoms. The molecule has 4 aromatic rings. The van der Waals surface area contributed by atoms with E-state index in [2.05, 4.69) is 66.4 Å². The van der Waals surface area contributed by atoms with Crippen molar-refractivity contribution < 1.29 is 9.26 Å². The average Bonchev–Trinajstić information content (AvgIpc) is 3.20. The summed E-state index contributed by atoms with van der Waals surface area (Å²) in [4.78, 5) is 2.23. The van der Waals surface area contributed by atoms with Crippen LogP contribution >= 0.6 is 11.6 Å². The minimum absolute atomic E-state index is 0.0972. The van der Waals surface area contributed by atoms with Gasteiger partial charge in [0.05, 0.1) is 17.4 Å². The first-order valence-corrected chi connectivity index (χ1v) is 11.9. The molecule has 0 N–H and O–H groups in total. The Morgan fingerprint density at radius 3 is 2.44 bits per heavy atom. The number of benzene rings is 3. The van der Waals surface area contributed by atoms with E-state index in [9.17, 15) is 0 Å². The zero-order chi connectivity index (χ0) is 23.7. The highest BCUT2D eigenvalue weighted by atomic mass is 35.5. The smallest absolute Gasteiger partial charge is 0.235 e. The van der Waals surface area contributed by atoms with Gasteiger partial charge in [0.1, 0.15) is 12.4 Å². The Kier molecular flexibility index (Phi) is 6.16. The number of nitrogens with zero attached hydrogens (tertiary/aromatic N) is 2. The minimum Gasteiger partial charge on any atom is -0.488 e. The van der Waals surface area contributed by atoms with Crippen LogP contribution in [0, 0.1) is 13.8 Å². The van der Waals surface area contributed by atoms with E-state index in [0.29, 0.717) is 6.61 Å². The second-order valence-corrected chi connectivity index (χ2v) is 8.97. The van der Waals surface area contributed by atoms with Crippen molar-refractivity contribution in [3.8, 4) is 11.1 Å². The van der Waals surface area contributed by atoms with E-state index in [0.717, 1.165) is 62.3 Å². The molecule has 1 aliphatic rings. The normalized spacial score (nSPS) is 15.1. The van der Waals surface area contributed by atoms with Crippen LogP contribution in [0.15, 0.2) is 83.4 Å². The number of hydrogen-bond donors (Lipinski definition) is 0. The van der Waals surface area contributed by atoms with Crippen LogP contribution in [0.1, 0.15) is 35.7 Å². The van der Waals surface area contributed by atoms with Crippen LogP contribution < -0.4 is 4.90 Å². The van der Waals surface area contributed by atoms with Gasteiger partial charge in [-0.25, -0.2) is 0 Å². The van der Waals surface area contributed by atoms with Crippen molar-refractivity contribution in [1.29, 1.82) is 0 Å². The van der Waals surface area contributed by atoms with Gasteiger partial charge < -0.3 is 14.2 Å². The quantitative estimate of drug-likeness (QED) is 0.285. The first kappa shape index (κ1) is 22.3. The van der Waals surface area contributed by atoms with E-state index in [1.165, 1.54) is 0 Å². The summed E-state index contributed by atoms with van der Waals surface area (Å²) in [6.07, 6.45) is 3.08. The van der Waals surface area contributed by atoms with Crippen molar-refractivity contribution in [2.45, 2.75) is 39.8 Å². The Balaban J connectivity index is 1.42. The maximum absolute atomic E-state index is 6.62. The standard InChI is InChI=1S/C29H27ClN2O2/c1-4-23-17-28(25-12-8-9-13-27(25)32(23)29-19(2)20(3)31-34-29)33-18-21-14-15-24(26(30)16-21)22-10-6-5-7-11-22/h5-17,23H,4,18H2,1-3H3. The molecule has 1 unspecified atom stereocenters. The molecule has 172 valence electrons. The molecule has 1 atom stereocenters. The molecule has 0 radical (unpaired) electrons. The third-order valence-electron chi connectivity index (χ3n) is 6.39. The maximum atomic E-state index is 6.62. The fourth-order valence-corrected chi connectivity index (χ4v) is 4.70. The van der Waals surface area contributed by atoms with Crippen LogP contribution in [-0.2, 0) is 11.3 Å². The fraction of sp³-hybridized carbons (Fsp3) is 0.207. The van der Waals surface area contributed by atoms with Crippen molar-refractivity contribution in [2.75, 3.05) is 4.90 Å². The van der Waals surface area contributed by atoms with Crippen LogP contribution in [0.5, 0.6) is 0 Å². The van der Waals surface area contributed by atoms with Gasteiger partial charge in [-0.05, 0) is 55.7 Å². The molecular formula is C29H27ClN2O2. The highest BCUT2D eigenvalue weighted by molar-refractivity contribution is 6.33. The summed E-state index contributed by atoms with van der Waals surface area (Å²) in [7, 11) is 0. The molecule has 0 fully saturated rings. The Labute approximate surface area is 205 Å². The van der Waals surface area contributed by atoms with Gasteiger partial charge in [0, 0.05) is 21.7 Å². The number of para-hydroxylation sites is 1. The van der Waals surface area contributed by atoms with Crippen LogP contribution in [0.3, 0.4) is 0 Å². The minimum atomic E-state index is 0.0972. The van der Waals surface area contributed by atoms with Crippen LogP contribution in [0.4, 0.5) is 11.6 Å². The SMILES string of the molecule is CCC1C=C(OCc2ccc(-c3ccccc3)c(Cl)c2)c2ccccc2N1c1onc(C)c1C. The van der Waals surface area contributed by atoms with Crippen LogP contribution in [-0.4, -0.2) is 11.2 Å². The van der Waals surface area contributed by atoms with Gasteiger partial charge in [-0.3, -0.25) is 0 Å². The maximum Gasteiger partial charge on any atom is 0.235 e. The van der Waals surface area contributed by atoms with E-state index < -0.39 is 0 Å². The largest absolute Gasteiger partial charge is 0.488 e. The molecule has 0 bridgehead atoms. The number of halogens is 1. The highest BCUT2D eigenvalue weighted by Gasteiger charge is 2.31. The Morgan fingerprint density at radius 1 is 0.971 bits per heavy atom. The number of rotatable bonds is 6. The first-order chi connectivity index (χ1) is 16.6. The molecule has 3 aromatic carbocycles. The Bertz CT molecular complexity index is 1340. The molecule has 0 spiro atoms. The summed E-state index contributed by atoms with van der Waals surface area (Å²) >= 11 is 6.62. The predicted molar refractivity (Wildman–Crippen MR) is 138 cm³/mol. The summed E-state index contributed by atoms with van der Waals surface area (Å²) in [5.74, 6) is 1.66. The zero-order valence-corrected chi connectivity index (χ0v) is 20.3. The summed E-state index contributed by atoms with van der Waals surface area (Å²) < 4.78 is 12.1. The van der Waals surface area contributed by atoms with E-state index in [4.69, 9.17) is 20.9 Å². The number of aromatic nitrogens is 1. The van der Waals surface area contributed by atoms with E-state index in [1.54, 1.807) is 0 Å². The number of anilines is 2. The number of ether oxygens (including phenoxy) is 1. The van der Waals surface area contributed by atoms with Crippen LogP contribution in [0.25, 0.3) is 16.9 Å². The average molecular weight is 471 g/mol. The lowest BCUT2D eigenvalue weighted by atomic mass is 9.99. The first-order valence-electron chi connectivity index (χ1n) is 11.6. The lowest BCUT2D eigenvalue weighted by Gasteiger charge is -2.35. The van der Waals surface area contributed by atoms with Gasteiger partial charge in [-0.1, -0.05) is 78.3 Å². The Hall–Kier alpha value is -3.50. The third kappa shape index (κ3) is 4.10. The number of hydrogen-bond acceptors (Lipinski definition) is 4.